The third-order valence-corrected chi connectivity index (χ3v) is 3.21. The highest BCUT2D eigenvalue weighted by atomic mass is 16.5. The molecule has 0 saturated heterocycles. The van der Waals surface area contributed by atoms with Crippen LogP contribution in [0.25, 0.3) is 11.1 Å². The Morgan fingerprint density at radius 3 is 2.11 bits per heavy atom. The zero-order valence-corrected chi connectivity index (χ0v) is 11.3. The first kappa shape index (κ1) is 12.5. The summed E-state index contributed by atoms with van der Waals surface area (Å²) < 4.78 is 10.9. The molecule has 0 aliphatic rings. The van der Waals surface area contributed by atoms with Crippen molar-refractivity contribution in [2.24, 2.45) is 0 Å². The lowest BCUT2D eigenvalue weighted by Crippen LogP contribution is -1.94. The molecule has 0 aliphatic carbocycles. The standard InChI is InChI=1S/C16H18O2/c1-11-7-5-9-14(16(11)18-4)13-8-6-10-15(17-3)12(13)2/h5-10H,1-4H3. The molecule has 0 radical (unpaired) electrons. The molecule has 2 heteroatoms. The van der Waals surface area contributed by atoms with Crippen molar-refractivity contribution in [3.8, 4) is 22.6 Å². The lowest BCUT2D eigenvalue weighted by Gasteiger charge is -2.15. The maximum Gasteiger partial charge on any atom is 0.129 e. The Labute approximate surface area is 108 Å². The molecule has 18 heavy (non-hydrogen) atoms. The molecule has 0 amide bonds. The van der Waals surface area contributed by atoms with Gasteiger partial charge in [-0.05, 0) is 36.6 Å². The first-order chi connectivity index (χ1) is 8.69. The van der Waals surface area contributed by atoms with Gasteiger partial charge in [0.1, 0.15) is 11.5 Å². The van der Waals surface area contributed by atoms with Crippen LogP contribution in [0.2, 0.25) is 0 Å². The number of benzene rings is 2. The summed E-state index contributed by atoms with van der Waals surface area (Å²) in [7, 11) is 3.40. The lowest BCUT2D eigenvalue weighted by molar-refractivity contribution is 0.410. The predicted molar refractivity (Wildman–Crippen MR) is 74.5 cm³/mol. The van der Waals surface area contributed by atoms with Crippen LogP contribution in [0.4, 0.5) is 0 Å². The first-order valence-electron chi connectivity index (χ1n) is 5.96. The highest BCUT2D eigenvalue weighted by Gasteiger charge is 2.12. The van der Waals surface area contributed by atoms with Crippen LogP contribution < -0.4 is 9.47 Å². The van der Waals surface area contributed by atoms with Crippen LogP contribution in [0.1, 0.15) is 11.1 Å². The SMILES string of the molecule is COc1cccc(-c2cccc(C)c2OC)c1C. The molecule has 0 aliphatic heterocycles. The lowest BCUT2D eigenvalue weighted by atomic mass is 9.97. The Kier molecular flexibility index (Phi) is 3.56. The van der Waals surface area contributed by atoms with Gasteiger partial charge in [0, 0.05) is 5.56 Å². The van der Waals surface area contributed by atoms with Gasteiger partial charge in [-0.15, -0.1) is 0 Å². The zero-order valence-electron chi connectivity index (χ0n) is 11.3. The van der Waals surface area contributed by atoms with Crippen molar-refractivity contribution in [2.75, 3.05) is 14.2 Å². The second-order valence-electron chi connectivity index (χ2n) is 4.29. The molecule has 94 valence electrons. The van der Waals surface area contributed by atoms with Crippen molar-refractivity contribution in [2.45, 2.75) is 13.8 Å². The Morgan fingerprint density at radius 2 is 1.44 bits per heavy atom. The van der Waals surface area contributed by atoms with Gasteiger partial charge in [-0.1, -0.05) is 30.3 Å². The van der Waals surface area contributed by atoms with Crippen molar-refractivity contribution in [3.05, 3.63) is 47.5 Å². The van der Waals surface area contributed by atoms with E-state index < -0.39 is 0 Å². The van der Waals surface area contributed by atoms with Crippen LogP contribution in [0.5, 0.6) is 11.5 Å². The van der Waals surface area contributed by atoms with Crippen LogP contribution in [-0.4, -0.2) is 14.2 Å². The summed E-state index contributed by atoms with van der Waals surface area (Å²) in [5, 5.41) is 0. The van der Waals surface area contributed by atoms with E-state index in [1.54, 1.807) is 14.2 Å². The number of hydrogen-bond donors (Lipinski definition) is 0. The Morgan fingerprint density at radius 1 is 0.778 bits per heavy atom. The smallest absolute Gasteiger partial charge is 0.129 e. The fourth-order valence-corrected chi connectivity index (χ4v) is 2.26. The Hall–Kier alpha value is -1.96. The van der Waals surface area contributed by atoms with Gasteiger partial charge >= 0.3 is 0 Å². The van der Waals surface area contributed by atoms with Crippen LogP contribution in [0.15, 0.2) is 36.4 Å². The number of hydrogen-bond acceptors (Lipinski definition) is 2. The fraction of sp³-hybridized carbons (Fsp3) is 0.250. The van der Waals surface area contributed by atoms with Crippen molar-refractivity contribution >= 4 is 0 Å². The molecular weight excluding hydrogens is 224 g/mol. The molecule has 0 heterocycles. The third-order valence-electron chi connectivity index (χ3n) is 3.21. The molecule has 2 aromatic carbocycles. The molecule has 0 fully saturated rings. The highest BCUT2D eigenvalue weighted by molar-refractivity contribution is 5.76. The molecule has 0 spiro atoms. The van der Waals surface area contributed by atoms with Crippen LogP contribution in [0.3, 0.4) is 0 Å². The summed E-state index contributed by atoms with van der Waals surface area (Å²) in [5.74, 6) is 1.82. The van der Waals surface area contributed by atoms with Crippen molar-refractivity contribution in [1.82, 2.24) is 0 Å². The predicted octanol–water partition coefficient (Wildman–Crippen LogP) is 3.99. The van der Waals surface area contributed by atoms with Crippen molar-refractivity contribution in [1.29, 1.82) is 0 Å². The molecule has 2 nitrogen and oxygen atoms in total. The average Bonchev–Trinajstić information content (AvgIpc) is 2.39. The molecule has 2 rings (SSSR count). The molecule has 0 atom stereocenters. The minimum Gasteiger partial charge on any atom is -0.496 e. The summed E-state index contributed by atoms with van der Waals surface area (Å²) >= 11 is 0. The molecule has 0 aromatic heterocycles. The summed E-state index contributed by atoms with van der Waals surface area (Å²) in [6.07, 6.45) is 0. The van der Waals surface area contributed by atoms with Gasteiger partial charge in [-0.2, -0.15) is 0 Å². The van der Waals surface area contributed by atoms with Gasteiger partial charge < -0.3 is 9.47 Å². The van der Waals surface area contributed by atoms with Gasteiger partial charge in [-0.3, -0.25) is 0 Å². The zero-order chi connectivity index (χ0) is 13.1. The van der Waals surface area contributed by atoms with E-state index in [0.29, 0.717) is 0 Å². The third kappa shape index (κ3) is 2.06. The number of rotatable bonds is 3. The van der Waals surface area contributed by atoms with E-state index in [9.17, 15) is 0 Å². The number of ether oxygens (including phenoxy) is 2. The minimum absolute atomic E-state index is 0.899. The van der Waals surface area contributed by atoms with E-state index in [1.807, 2.05) is 18.2 Å². The second-order valence-corrected chi connectivity index (χ2v) is 4.29. The van der Waals surface area contributed by atoms with E-state index in [-0.39, 0.29) is 0 Å². The largest absolute Gasteiger partial charge is 0.496 e. The fourth-order valence-electron chi connectivity index (χ4n) is 2.26. The maximum atomic E-state index is 5.52. The minimum atomic E-state index is 0.899. The highest BCUT2D eigenvalue weighted by Crippen LogP contribution is 2.37. The number of aryl methyl sites for hydroxylation is 1. The van der Waals surface area contributed by atoms with Gasteiger partial charge in [0.05, 0.1) is 14.2 Å². The van der Waals surface area contributed by atoms with E-state index in [0.717, 1.165) is 33.8 Å². The Balaban J connectivity index is 2.66. The van der Waals surface area contributed by atoms with Crippen LogP contribution in [0, 0.1) is 13.8 Å². The molecular formula is C16H18O2. The summed E-state index contributed by atoms with van der Waals surface area (Å²) in [5.41, 5.74) is 4.52. The second kappa shape index (κ2) is 5.13. The maximum absolute atomic E-state index is 5.52. The van der Waals surface area contributed by atoms with E-state index in [2.05, 4.69) is 32.0 Å². The van der Waals surface area contributed by atoms with Crippen LogP contribution >= 0.6 is 0 Å². The topological polar surface area (TPSA) is 18.5 Å². The van der Waals surface area contributed by atoms with Gasteiger partial charge in [0.25, 0.3) is 0 Å². The van der Waals surface area contributed by atoms with Gasteiger partial charge in [0.15, 0.2) is 0 Å². The monoisotopic (exact) mass is 242 g/mol. The van der Waals surface area contributed by atoms with E-state index in [1.165, 1.54) is 0 Å². The molecule has 0 unspecified atom stereocenters. The number of para-hydroxylation sites is 1. The summed E-state index contributed by atoms with van der Waals surface area (Å²) in [6.45, 7) is 4.12. The Bertz CT molecular complexity index is 559. The average molecular weight is 242 g/mol. The quantitative estimate of drug-likeness (QED) is 0.810. The normalized spacial score (nSPS) is 10.2. The van der Waals surface area contributed by atoms with E-state index >= 15 is 0 Å². The van der Waals surface area contributed by atoms with E-state index in [4.69, 9.17) is 9.47 Å². The molecule has 2 aromatic rings. The van der Waals surface area contributed by atoms with Crippen molar-refractivity contribution in [3.63, 3.8) is 0 Å². The summed E-state index contributed by atoms with van der Waals surface area (Å²) in [6, 6.07) is 12.2. The summed E-state index contributed by atoms with van der Waals surface area (Å²) in [4.78, 5) is 0. The first-order valence-corrected chi connectivity index (χ1v) is 5.96. The van der Waals surface area contributed by atoms with Crippen molar-refractivity contribution < 1.29 is 9.47 Å². The number of methoxy groups -OCH3 is 2. The molecule has 0 N–H and O–H groups in total. The molecule has 0 saturated carbocycles. The van der Waals surface area contributed by atoms with Crippen LogP contribution in [-0.2, 0) is 0 Å². The van der Waals surface area contributed by atoms with Gasteiger partial charge in [-0.25, -0.2) is 0 Å². The van der Waals surface area contributed by atoms with Gasteiger partial charge in [0.2, 0.25) is 0 Å². The molecule has 0 bridgehead atoms.